The number of ether oxygens (including phenoxy) is 1. The first-order valence-corrected chi connectivity index (χ1v) is 3.78. The van der Waals surface area contributed by atoms with Gasteiger partial charge in [-0.1, -0.05) is 0 Å². The van der Waals surface area contributed by atoms with Crippen LogP contribution >= 0.6 is 0 Å². The van der Waals surface area contributed by atoms with Crippen LogP contribution in [0.5, 0.6) is 5.88 Å². The van der Waals surface area contributed by atoms with Crippen molar-refractivity contribution in [1.82, 2.24) is 4.98 Å². The molecule has 4 nitrogen and oxygen atoms in total. The van der Waals surface area contributed by atoms with Gasteiger partial charge in [0.2, 0.25) is 5.88 Å². The fraction of sp³-hybridized carbons (Fsp3) is 0.222. The SMILES string of the molecule is COc1ccc(/C=C(/C)N=O)cn1. The third kappa shape index (κ3) is 2.66. The molecule has 0 fully saturated rings. The first-order chi connectivity index (χ1) is 6.26. The maximum Gasteiger partial charge on any atom is 0.212 e. The number of hydrogen-bond acceptors (Lipinski definition) is 4. The van der Waals surface area contributed by atoms with E-state index in [1.807, 2.05) is 0 Å². The van der Waals surface area contributed by atoms with Crippen LogP contribution in [0.15, 0.2) is 29.2 Å². The van der Waals surface area contributed by atoms with Crippen molar-refractivity contribution in [2.24, 2.45) is 5.18 Å². The molecule has 0 spiro atoms. The Bertz CT molecular complexity index is 317. The van der Waals surface area contributed by atoms with Crippen molar-refractivity contribution in [3.05, 3.63) is 34.5 Å². The number of rotatable bonds is 3. The van der Waals surface area contributed by atoms with Crippen LogP contribution in [-0.2, 0) is 0 Å². The zero-order chi connectivity index (χ0) is 9.68. The van der Waals surface area contributed by atoms with Gasteiger partial charge in [0.05, 0.1) is 12.8 Å². The summed E-state index contributed by atoms with van der Waals surface area (Å²) in [5.41, 5.74) is 1.25. The molecular weight excluding hydrogens is 168 g/mol. The number of pyridine rings is 1. The molecule has 0 saturated carbocycles. The monoisotopic (exact) mass is 178 g/mol. The van der Waals surface area contributed by atoms with Crippen LogP contribution in [0, 0.1) is 4.91 Å². The quantitative estimate of drug-likeness (QED) is 0.667. The molecule has 1 heterocycles. The lowest BCUT2D eigenvalue weighted by Gasteiger charge is -1.97. The number of nitrogens with zero attached hydrogens (tertiary/aromatic N) is 2. The molecule has 0 atom stereocenters. The van der Waals surface area contributed by atoms with Gasteiger partial charge in [-0.15, -0.1) is 4.91 Å². The Morgan fingerprint density at radius 1 is 1.62 bits per heavy atom. The Balaban J connectivity index is 2.86. The fourth-order valence-electron chi connectivity index (χ4n) is 0.865. The third-order valence-electron chi connectivity index (χ3n) is 1.49. The molecule has 1 aromatic rings. The van der Waals surface area contributed by atoms with Crippen molar-refractivity contribution >= 4 is 6.08 Å². The summed E-state index contributed by atoms with van der Waals surface area (Å²) in [6, 6.07) is 3.53. The number of allylic oxidation sites excluding steroid dienone is 1. The summed E-state index contributed by atoms with van der Waals surface area (Å²) in [6.07, 6.45) is 3.27. The molecule has 0 saturated heterocycles. The van der Waals surface area contributed by atoms with E-state index in [0.717, 1.165) is 5.56 Å². The van der Waals surface area contributed by atoms with E-state index in [0.29, 0.717) is 11.6 Å². The van der Waals surface area contributed by atoms with Crippen molar-refractivity contribution in [1.29, 1.82) is 0 Å². The lowest BCUT2D eigenvalue weighted by Crippen LogP contribution is -1.86. The molecule has 68 valence electrons. The smallest absolute Gasteiger partial charge is 0.212 e. The topological polar surface area (TPSA) is 51.5 Å². The second-order valence-electron chi connectivity index (χ2n) is 2.51. The molecule has 4 heteroatoms. The molecule has 0 amide bonds. The molecule has 13 heavy (non-hydrogen) atoms. The molecule has 0 bridgehead atoms. The van der Waals surface area contributed by atoms with Gasteiger partial charge in [0.1, 0.15) is 0 Å². The summed E-state index contributed by atoms with van der Waals surface area (Å²) in [7, 11) is 1.55. The highest BCUT2D eigenvalue weighted by atomic mass is 16.5. The highest BCUT2D eigenvalue weighted by Crippen LogP contribution is 2.10. The minimum Gasteiger partial charge on any atom is -0.481 e. The maximum atomic E-state index is 10.1. The van der Waals surface area contributed by atoms with Crippen LogP contribution in [0.4, 0.5) is 0 Å². The standard InChI is InChI=1S/C9H10N2O2/c1-7(11-12)5-8-3-4-9(13-2)10-6-8/h3-6H,1-2H3/b7-5-. The number of nitroso groups, excluding NO2 is 1. The van der Waals surface area contributed by atoms with Crippen LogP contribution in [0.1, 0.15) is 12.5 Å². The second kappa shape index (κ2) is 4.35. The van der Waals surface area contributed by atoms with Crippen molar-refractivity contribution in [2.45, 2.75) is 6.92 Å². The molecule has 0 aliphatic heterocycles. The molecule has 1 aromatic heterocycles. The predicted octanol–water partition coefficient (Wildman–Crippen LogP) is 2.22. The van der Waals surface area contributed by atoms with Gasteiger partial charge in [-0.05, 0) is 29.8 Å². The van der Waals surface area contributed by atoms with Crippen molar-refractivity contribution < 1.29 is 4.74 Å². The second-order valence-corrected chi connectivity index (χ2v) is 2.51. The van der Waals surface area contributed by atoms with Crippen LogP contribution in [0.3, 0.4) is 0 Å². The van der Waals surface area contributed by atoms with E-state index in [1.165, 1.54) is 0 Å². The Morgan fingerprint density at radius 2 is 2.38 bits per heavy atom. The van der Waals surface area contributed by atoms with Gasteiger partial charge in [-0.25, -0.2) is 4.98 Å². The van der Waals surface area contributed by atoms with Gasteiger partial charge in [0, 0.05) is 12.3 Å². The average Bonchev–Trinajstić information content (AvgIpc) is 2.19. The lowest BCUT2D eigenvalue weighted by molar-refractivity contribution is 0.398. The van der Waals surface area contributed by atoms with Crippen molar-refractivity contribution in [3.63, 3.8) is 0 Å². The van der Waals surface area contributed by atoms with Crippen LogP contribution < -0.4 is 4.74 Å². The zero-order valence-corrected chi connectivity index (χ0v) is 7.52. The minimum atomic E-state index is 0.423. The van der Waals surface area contributed by atoms with Gasteiger partial charge in [0.15, 0.2) is 0 Å². The molecule has 0 aliphatic carbocycles. The molecule has 0 radical (unpaired) electrons. The van der Waals surface area contributed by atoms with Crippen molar-refractivity contribution in [3.8, 4) is 5.88 Å². The summed E-state index contributed by atoms with van der Waals surface area (Å²) in [5, 5.41) is 2.78. The molecule has 0 N–H and O–H groups in total. The van der Waals surface area contributed by atoms with E-state index in [4.69, 9.17) is 4.74 Å². The Hall–Kier alpha value is -1.71. The van der Waals surface area contributed by atoms with Gasteiger partial charge < -0.3 is 4.74 Å². The van der Waals surface area contributed by atoms with Crippen LogP contribution in [-0.4, -0.2) is 12.1 Å². The van der Waals surface area contributed by atoms with E-state index in [9.17, 15) is 4.91 Å². The highest BCUT2D eigenvalue weighted by molar-refractivity contribution is 5.51. The van der Waals surface area contributed by atoms with Gasteiger partial charge in [0.25, 0.3) is 0 Å². The number of aromatic nitrogens is 1. The molecule has 0 aromatic carbocycles. The Morgan fingerprint density at radius 3 is 2.85 bits per heavy atom. The third-order valence-corrected chi connectivity index (χ3v) is 1.49. The van der Waals surface area contributed by atoms with Crippen LogP contribution in [0.25, 0.3) is 6.08 Å². The Labute approximate surface area is 76.2 Å². The zero-order valence-electron chi connectivity index (χ0n) is 7.52. The van der Waals surface area contributed by atoms with E-state index < -0.39 is 0 Å². The summed E-state index contributed by atoms with van der Waals surface area (Å²) >= 11 is 0. The van der Waals surface area contributed by atoms with Crippen LogP contribution in [0.2, 0.25) is 0 Å². The number of methoxy groups -OCH3 is 1. The van der Waals surface area contributed by atoms with Gasteiger partial charge in [-0.3, -0.25) is 0 Å². The predicted molar refractivity (Wildman–Crippen MR) is 50.2 cm³/mol. The highest BCUT2D eigenvalue weighted by Gasteiger charge is 1.93. The van der Waals surface area contributed by atoms with E-state index in [2.05, 4.69) is 10.2 Å². The first kappa shape index (κ1) is 9.38. The van der Waals surface area contributed by atoms with Gasteiger partial charge in [-0.2, -0.15) is 0 Å². The maximum absolute atomic E-state index is 10.1. The summed E-state index contributed by atoms with van der Waals surface area (Å²) < 4.78 is 4.88. The fourth-order valence-corrected chi connectivity index (χ4v) is 0.865. The molecule has 0 unspecified atom stereocenters. The summed E-state index contributed by atoms with van der Waals surface area (Å²) in [5.74, 6) is 0.550. The van der Waals surface area contributed by atoms with E-state index in [1.54, 1.807) is 38.4 Å². The normalized spacial score (nSPS) is 11.1. The van der Waals surface area contributed by atoms with Crippen molar-refractivity contribution in [2.75, 3.05) is 7.11 Å². The summed E-state index contributed by atoms with van der Waals surface area (Å²) in [4.78, 5) is 14.0. The first-order valence-electron chi connectivity index (χ1n) is 3.78. The largest absolute Gasteiger partial charge is 0.481 e. The number of hydrogen-bond donors (Lipinski definition) is 0. The molecule has 1 rings (SSSR count). The minimum absolute atomic E-state index is 0.423. The Kier molecular flexibility index (Phi) is 3.14. The average molecular weight is 178 g/mol. The molecular formula is C9H10N2O2. The van der Waals surface area contributed by atoms with E-state index >= 15 is 0 Å². The summed E-state index contributed by atoms with van der Waals surface area (Å²) in [6.45, 7) is 1.64. The lowest BCUT2D eigenvalue weighted by atomic mass is 10.2. The molecule has 0 aliphatic rings. The van der Waals surface area contributed by atoms with Gasteiger partial charge >= 0.3 is 0 Å². The van der Waals surface area contributed by atoms with E-state index in [-0.39, 0.29) is 0 Å².